The van der Waals surface area contributed by atoms with Gasteiger partial charge in [-0.2, -0.15) is 0 Å². The molecular weight excluding hydrogens is 192 g/mol. The van der Waals surface area contributed by atoms with Gasteiger partial charge in [-0.15, -0.1) is 0 Å². The molecule has 0 atom stereocenters. The monoisotopic (exact) mass is 197 g/mol. The number of fused-ring (bicyclic) bond motifs is 1. The summed E-state index contributed by atoms with van der Waals surface area (Å²) in [6, 6.07) is 2.02. The molecule has 14 heavy (non-hydrogen) atoms. The van der Waals surface area contributed by atoms with Crippen molar-refractivity contribution in [3.63, 3.8) is 0 Å². The Balaban J connectivity index is 3.03. The second-order valence-corrected chi connectivity index (χ2v) is 2.71. The third kappa shape index (κ3) is 1.12. The van der Waals surface area contributed by atoms with E-state index in [2.05, 4.69) is 9.97 Å². The summed E-state index contributed by atoms with van der Waals surface area (Å²) in [4.78, 5) is 16.9. The zero-order chi connectivity index (χ0) is 10.3. The molecule has 0 unspecified atom stereocenters. The van der Waals surface area contributed by atoms with Crippen molar-refractivity contribution in [2.75, 3.05) is 5.73 Å². The number of H-pyrrole nitrogens is 1. The van der Waals surface area contributed by atoms with Crippen molar-refractivity contribution in [3.05, 3.63) is 34.1 Å². The van der Waals surface area contributed by atoms with Crippen LogP contribution >= 0.6 is 0 Å². The van der Waals surface area contributed by atoms with Gasteiger partial charge in [0.05, 0.1) is 5.39 Å². The van der Waals surface area contributed by atoms with E-state index in [9.17, 15) is 13.6 Å². The third-order valence-electron chi connectivity index (χ3n) is 1.79. The van der Waals surface area contributed by atoms with Crippen LogP contribution in [0.3, 0.4) is 0 Å². The number of halogens is 2. The summed E-state index contributed by atoms with van der Waals surface area (Å²) >= 11 is 0. The Morgan fingerprint density at radius 3 is 2.79 bits per heavy atom. The molecule has 0 fully saturated rings. The first-order valence-electron chi connectivity index (χ1n) is 3.73. The van der Waals surface area contributed by atoms with Gasteiger partial charge in [-0.25, -0.2) is 13.8 Å². The van der Waals surface area contributed by atoms with E-state index in [0.29, 0.717) is 0 Å². The largest absolute Gasteiger partial charge is 0.369 e. The smallest absolute Gasteiger partial charge is 0.260 e. The Bertz CT molecular complexity index is 564. The highest BCUT2D eigenvalue weighted by Gasteiger charge is 2.11. The highest BCUT2D eigenvalue weighted by atomic mass is 19.2. The molecule has 0 radical (unpaired) electrons. The van der Waals surface area contributed by atoms with Gasteiger partial charge in [0, 0.05) is 0 Å². The van der Waals surface area contributed by atoms with Crippen LogP contribution in [-0.4, -0.2) is 9.97 Å². The predicted octanol–water partition coefficient (Wildman–Crippen LogP) is 0.784. The van der Waals surface area contributed by atoms with Crippen LogP contribution in [-0.2, 0) is 0 Å². The normalized spacial score (nSPS) is 10.7. The number of aromatic nitrogens is 2. The Morgan fingerprint density at radius 2 is 2.07 bits per heavy atom. The van der Waals surface area contributed by atoms with Crippen LogP contribution in [0.25, 0.3) is 10.9 Å². The van der Waals surface area contributed by atoms with Crippen molar-refractivity contribution >= 4 is 16.9 Å². The molecule has 1 aromatic carbocycles. The van der Waals surface area contributed by atoms with E-state index >= 15 is 0 Å². The topological polar surface area (TPSA) is 71.8 Å². The van der Waals surface area contributed by atoms with E-state index in [4.69, 9.17) is 5.73 Å². The summed E-state index contributed by atoms with van der Waals surface area (Å²) in [5, 5.41) is -0.0295. The molecule has 0 aliphatic carbocycles. The first kappa shape index (κ1) is 8.61. The average Bonchev–Trinajstić information content (AvgIpc) is 2.12. The summed E-state index contributed by atoms with van der Waals surface area (Å²) in [5.41, 5.74) is 4.24. The molecule has 0 aliphatic rings. The molecule has 4 nitrogen and oxygen atoms in total. The zero-order valence-corrected chi connectivity index (χ0v) is 6.84. The number of aromatic amines is 1. The summed E-state index contributed by atoms with van der Waals surface area (Å²) in [5.74, 6) is -2.47. The number of anilines is 1. The molecule has 1 aromatic heterocycles. The van der Waals surface area contributed by atoms with Crippen LogP contribution in [0.4, 0.5) is 14.7 Å². The van der Waals surface area contributed by atoms with Crippen LogP contribution in [0.2, 0.25) is 0 Å². The van der Waals surface area contributed by atoms with Gasteiger partial charge in [0.1, 0.15) is 5.52 Å². The molecule has 0 saturated carbocycles. The molecule has 1 heterocycles. The van der Waals surface area contributed by atoms with Gasteiger partial charge in [-0.3, -0.25) is 9.78 Å². The molecule has 2 aromatic rings. The molecule has 6 heteroatoms. The maximum absolute atomic E-state index is 13.1. The lowest BCUT2D eigenvalue weighted by Gasteiger charge is -1.99. The average molecular weight is 197 g/mol. The minimum Gasteiger partial charge on any atom is -0.369 e. The van der Waals surface area contributed by atoms with Gasteiger partial charge in [0.15, 0.2) is 11.6 Å². The molecule has 0 saturated heterocycles. The summed E-state index contributed by atoms with van der Waals surface area (Å²) in [7, 11) is 0. The highest BCUT2D eigenvalue weighted by Crippen LogP contribution is 2.15. The molecule has 0 spiro atoms. The van der Waals surface area contributed by atoms with Crippen molar-refractivity contribution in [2.24, 2.45) is 0 Å². The van der Waals surface area contributed by atoms with Crippen molar-refractivity contribution in [3.8, 4) is 0 Å². The quantitative estimate of drug-likeness (QED) is 0.655. The standard InChI is InChI=1S/C8H5F2N3O/c9-4-2-1-3-6(5(4)10)12-8(11)13-7(3)14/h1-2H,(H3,11,12,13,14). The van der Waals surface area contributed by atoms with E-state index < -0.39 is 17.2 Å². The Morgan fingerprint density at radius 1 is 1.36 bits per heavy atom. The van der Waals surface area contributed by atoms with Gasteiger partial charge < -0.3 is 5.73 Å². The van der Waals surface area contributed by atoms with E-state index in [0.717, 1.165) is 12.1 Å². The minimum absolute atomic E-state index is 0.0295. The molecule has 0 aliphatic heterocycles. The molecular formula is C8H5F2N3O. The third-order valence-corrected chi connectivity index (χ3v) is 1.79. The lowest BCUT2D eigenvalue weighted by molar-refractivity contribution is 0.515. The van der Waals surface area contributed by atoms with Gasteiger partial charge >= 0.3 is 0 Å². The fourth-order valence-corrected chi connectivity index (χ4v) is 1.16. The van der Waals surface area contributed by atoms with E-state index in [-0.39, 0.29) is 16.9 Å². The maximum Gasteiger partial charge on any atom is 0.260 e. The van der Waals surface area contributed by atoms with Crippen LogP contribution in [0.5, 0.6) is 0 Å². The summed E-state index contributed by atoms with van der Waals surface area (Å²) in [6.45, 7) is 0. The zero-order valence-electron chi connectivity index (χ0n) is 6.84. The number of hydrogen-bond donors (Lipinski definition) is 2. The molecule has 2 rings (SSSR count). The van der Waals surface area contributed by atoms with Gasteiger partial charge in [-0.05, 0) is 12.1 Å². The predicted molar refractivity (Wildman–Crippen MR) is 46.7 cm³/mol. The first-order valence-corrected chi connectivity index (χ1v) is 3.73. The first-order chi connectivity index (χ1) is 6.59. The van der Waals surface area contributed by atoms with Crippen molar-refractivity contribution in [2.45, 2.75) is 0 Å². The molecule has 72 valence electrons. The minimum atomic E-state index is -1.17. The second kappa shape index (κ2) is 2.76. The number of benzene rings is 1. The van der Waals surface area contributed by atoms with Crippen LogP contribution < -0.4 is 11.3 Å². The van der Waals surface area contributed by atoms with E-state index in [1.165, 1.54) is 0 Å². The number of rotatable bonds is 0. The fraction of sp³-hybridized carbons (Fsp3) is 0. The van der Waals surface area contributed by atoms with Crippen molar-refractivity contribution in [1.29, 1.82) is 0 Å². The lowest BCUT2D eigenvalue weighted by Crippen LogP contribution is -2.12. The van der Waals surface area contributed by atoms with Crippen LogP contribution in [0, 0.1) is 11.6 Å². The van der Waals surface area contributed by atoms with Gasteiger partial charge in [0.2, 0.25) is 5.95 Å². The Hall–Kier alpha value is -1.98. The lowest BCUT2D eigenvalue weighted by atomic mass is 10.2. The van der Waals surface area contributed by atoms with Gasteiger partial charge in [-0.1, -0.05) is 0 Å². The van der Waals surface area contributed by atoms with E-state index in [1.807, 2.05) is 0 Å². The van der Waals surface area contributed by atoms with Crippen molar-refractivity contribution in [1.82, 2.24) is 9.97 Å². The highest BCUT2D eigenvalue weighted by molar-refractivity contribution is 5.78. The Labute approximate surface area is 76.4 Å². The Kier molecular flexibility index (Phi) is 1.70. The maximum atomic E-state index is 13.1. The van der Waals surface area contributed by atoms with E-state index in [1.54, 1.807) is 0 Å². The number of nitrogens with two attached hydrogens (primary N) is 1. The van der Waals surface area contributed by atoms with Gasteiger partial charge in [0.25, 0.3) is 5.56 Å². The van der Waals surface area contributed by atoms with Crippen LogP contribution in [0.15, 0.2) is 16.9 Å². The number of nitrogens with zero attached hydrogens (tertiary/aromatic N) is 1. The number of hydrogen-bond acceptors (Lipinski definition) is 3. The molecule has 0 amide bonds. The summed E-state index contributed by atoms with van der Waals surface area (Å²) < 4.78 is 25.9. The summed E-state index contributed by atoms with van der Waals surface area (Å²) in [6.07, 6.45) is 0. The number of nitrogen functional groups attached to an aromatic ring is 1. The SMILES string of the molecule is Nc1nc2c(F)c(F)ccc2c(=O)[nH]1. The number of nitrogens with one attached hydrogen (secondary N) is 1. The molecule has 0 bridgehead atoms. The fourth-order valence-electron chi connectivity index (χ4n) is 1.16. The van der Waals surface area contributed by atoms with Crippen LogP contribution in [0.1, 0.15) is 0 Å². The molecule has 3 N–H and O–H groups in total. The second-order valence-electron chi connectivity index (χ2n) is 2.71. The van der Waals surface area contributed by atoms with Crippen molar-refractivity contribution < 1.29 is 8.78 Å².